The number of carbonyl (C=O) groups excluding carboxylic acids is 2. The van der Waals surface area contributed by atoms with Crippen LogP contribution in [0.2, 0.25) is 0 Å². The summed E-state index contributed by atoms with van der Waals surface area (Å²) in [6.07, 6.45) is 0.161. The fourth-order valence-corrected chi connectivity index (χ4v) is 2.87. The molecule has 1 aliphatic heterocycles. The molecule has 27 heavy (non-hydrogen) atoms. The van der Waals surface area contributed by atoms with Crippen LogP contribution in [0.25, 0.3) is 0 Å². The van der Waals surface area contributed by atoms with Crippen molar-refractivity contribution in [1.29, 1.82) is 0 Å². The van der Waals surface area contributed by atoms with E-state index in [1.165, 1.54) is 12.1 Å². The first-order chi connectivity index (χ1) is 13.1. The number of hydrogen-bond acceptors (Lipinski definition) is 3. The van der Waals surface area contributed by atoms with Gasteiger partial charge >= 0.3 is 0 Å². The number of amides is 2. The molecule has 1 saturated heterocycles. The monoisotopic (exact) mass is 366 g/mol. The van der Waals surface area contributed by atoms with E-state index in [-0.39, 0.29) is 30.6 Å². The first-order valence-electron chi connectivity index (χ1n) is 8.53. The molecule has 2 amide bonds. The number of anilines is 1. The standard InChI is InChI=1S/C21H19FN2O3/c1-27-19-6-2-5-18(13-19)24-14-16(12-20(24)25)21(26)23-11-3-4-15-7-9-17(22)10-8-15/h2,5-10,13,16H,11-12,14H2,1H3,(H,23,26). The second-order valence-corrected chi connectivity index (χ2v) is 6.13. The van der Waals surface area contributed by atoms with Crippen LogP contribution in [-0.4, -0.2) is 32.0 Å². The molecule has 1 aliphatic rings. The minimum absolute atomic E-state index is 0.0965. The third-order valence-corrected chi connectivity index (χ3v) is 4.29. The number of benzene rings is 2. The maximum atomic E-state index is 12.8. The zero-order valence-corrected chi connectivity index (χ0v) is 14.9. The van der Waals surface area contributed by atoms with E-state index in [9.17, 15) is 14.0 Å². The van der Waals surface area contributed by atoms with Crippen LogP contribution in [0.15, 0.2) is 48.5 Å². The molecule has 2 aromatic carbocycles. The Morgan fingerprint density at radius 1 is 1.30 bits per heavy atom. The summed E-state index contributed by atoms with van der Waals surface area (Å²) < 4.78 is 18.0. The minimum Gasteiger partial charge on any atom is -0.497 e. The van der Waals surface area contributed by atoms with Crippen molar-refractivity contribution in [3.05, 3.63) is 59.9 Å². The van der Waals surface area contributed by atoms with Gasteiger partial charge in [-0.1, -0.05) is 17.9 Å². The van der Waals surface area contributed by atoms with Crippen molar-refractivity contribution in [3.8, 4) is 17.6 Å². The lowest BCUT2D eigenvalue weighted by molar-refractivity contribution is -0.126. The Balaban J connectivity index is 1.55. The molecule has 1 fully saturated rings. The predicted octanol–water partition coefficient (Wildman–Crippen LogP) is 2.36. The molecule has 0 spiro atoms. The van der Waals surface area contributed by atoms with Crippen molar-refractivity contribution in [2.24, 2.45) is 5.92 Å². The quantitative estimate of drug-likeness (QED) is 0.845. The SMILES string of the molecule is COc1cccc(N2CC(C(=O)NCC#Cc3ccc(F)cc3)CC2=O)c1. The molecule has 2 aromatic rings. The molecule has 5 nitrogen and oxygen atoms in total. The molecule has 0 aliphatic carbocycles. The Morgan fingerprint density at radius 2 is 2.07 bits per heavy atom. The van der Waals surface area contributed by atoms with Crippen LogP contribution < -0.4 is 15.0 Å². The highest BCUT2D eigenvalue weighted by molar-refractivity contribution is 6.00. The topological polar surface area (TPSA) is 58.6 Å². The molecule has 1 unspecified atom stereocenters. The van der Waals surface area contributed by atoms with Crippen molar-refractivity contribution in [2.75, 3.05) is 25.1 Å². The molecule has 0 aromatic heterocycles. The molecule has 0 radical (unpaired) electrons. The van der Waals surface area contributed by atoms with Gasteiger partial charge in [-0.3, -0.25) is 9.59 Å². The van der Waals surface area contributed by atoms with Crippen LogP contribution in [0, 0.1) is 23.6 Å². The van der Waals surface area contributed by atoms with Crippen molar-refractivity contribution in [2.45, 2.75) is 6.42 Å². The number of nitrogens with zero attached hydrogens (tertiary/aromatic N) is 1. The number of rotatable bonds is 4. The van der Waals surface area contributed by atoms with E-state index in [4.69, 9.17) is 4.74 Å². The molecular formula is C21H19FN2O3. The zero-order valence-electron chi connectivity index (χ0n) is 14.9. The highest BCUT2D eigenvalue weighted by Gasteiger charge is 2.35. The second-order valence-electron chi connectivity index (χ2n) is 6.13. The Hall–Kier alpha value is -3.33. The highest BCUT2D eigenvalue weighted by atomic mass is 19.1. The number of carbonyl (C=O) groups is 2. The van der Waals surface area contributed by atoms with Crippen molar-refractivity contribution in [3.63, 3.8) is 0 Å². The van der Waals surface area contributed by atoms with Crippen LogP contribution in [0.5, 0.6) is 5.75 Å². The lowest BCUT2D eigenvalue weighted by Crippen LogP contribution is -2.33. The van der Waals surface area contributed by atoms with Crippen LogP contribution >= 0.6 is 0 Å². The van der Waals surface area contributed by atoms with E-state index in [2.05, 4.69) is 17.2 Å². The third kappa shape index (κ3) is 4.64. The summed E-state index contributed by atoms with van der Waals surface area (Å²) in [5, 5.41) is 2.73. The van der Waals surface area contributed by atoms with Gasteiger partial charge < -0.3 is 15.0 Å². The van der Waals surface area contributed by atoms with Crippen molar-refractivity contribution < 1.29 is 18.7 Å². The van der Waals surface area contributed by atoms with E-state index in [1.54, 1.807) is 42.3 Å². The van der Waals surface area contributed by atoms with Gasteiger partial charge in [-0.05, 0) is 36.4 Å². The van der Waals surface area contributed by atoms with Gasteiger partial charge in [0, 0.05) is 30.3 Å². The predicted molar refractivity (Wildman–Crippen MR) is 99.7 cm³/mol. The average molecular weight is 366 g/mol. The third-order valence-electron chi connectivity index (χ3n) is 4.29. The molecule has 1 atom stereocenters. The average Bonchev–Trinajstić information content (AvgIpc) is 3.08. The summed E-state index contributed by atoms with van der Waals surface area (Å²) in [5.41, 5.74) is 1.39. The summed E-state index contributed by atoms with van der Waals surface area (Å²) in [6.45, 7) is 0.489. The molecule has 3 rings (SSSR count). The van der Waals surface area contributed by atoms with E-state index in [0.29, 0.717) is 23.5 Å². The van der Waals surface area contributed by atoms with Crippen LogP contribution in [0.1, 0.15) is 12.0 Å². The van der Waals surface area contributed by atoms with Gasteiger partial charge in [0.25, 0.3) is 0 Å². The molecular weight excluding hydrogens is 347 g/mol. The van der Waals surface area contributed by atoms with E-state index >= 15 is 0 Å². The number of ether oxygens (including phenoxy) is 1. The van der Waals surface area contributed by atoms with Gasteiger partial charge in [-0.25, -0.2) is 4.39 Å². The number of methoxy groups -OCH3 is 1. The lowest BCUT2D eigenvalue weighted by atomic mass is 10.1. The van der Waals surface area contributed by atoms with Gasteiger partial charge in [0.2, 0.25) is 11.8 Å². The second kappa shape index (κ2) is 8.37. The van der Waals surface area contributed by atoms with Crippen LogP contribution in [0.4, 0.5) is 10.1 Å². The number of hydrogen-bond donors (Lipinski definition) is 1. The smallest absolute Gasteiger partial charge is 0.227 e. The number of halogens is 1. The summed E-state index contributed by atoms with van der Waals surface area (Å²) in [4.78, 5) is 26.2. The van der Waals surface area contributed by atoms with E-state index < -0.39 is 5.92 Å². The first kappa shape index (κ1) is 18.5. The Bertz CT molecular complexity index is 900. The van der Waals surface area contributed by atoms with Gasteiger partial charge in [0.15, 0.2) is 0 Å². The molecule has 6 heteroatoms. The normalized spacial score (nSPS) is 15.9. The zero-order chi connectivity index (χ0) is 19.2. The van der Waals surface area contributed by atoms with Gasteiger partial charge in [-0.2, -0.15) is 0 Å². The van der Waals surface area contributed by atoms with Crippen molar-refractivity contribution in [1.82, 2.24) is 5.32 Å². The molecule has 1 N–H and O–H groups in total. The highest BCUT2D eigenvalue weighted by Crippen LogP contribution is 2.27. The van der Waals surface area contributed by atoms with Crippen molar-refractivity contribution >= 4 is 17.5 Å². The summed E-state index contributed by atoms with van der Waals surface area (Å²) in [6, 6.07) is 13.0. The van der Waals surface area contributed by atoms with E-state index in [1.807, 2.05) is 6.07 Å². The van der Waals surface area contributed by atoms with Crippen LogP contribution in [-0.2, 0) is 9.59 Å². The molecule has 1 heterocycles. The van der Waals surface area contributed by atoms with E-state index in [0.717, 1.165) is 0 Å². The first-order valence-corrected chi connectivity index (χ1v) is 8.53. The molecule has 0 bridgehead atoms. The van der Waals surface area contributed by atoms with Gasteiger partial charge in [0.1, 0.15) is 11.6 Å². The van der Waals surface area contributed by atoms with Crippen LogP contribution in [0.3, 0.4) is 0 Å². The van der Waals surface area contributed by atoms with Gasteiger partial charge in [0.05, 0.1) is 19.6 Å². The lowest BCUT2D eigenvalue weighted by Gasteiger charge is -2.17. The molecule has 0 saturated carbocycles. The minimum atomic E-state index is -0.420. The maximum Gasteiger partial charge on any atom is 0.227 e. The maximum absolute atomic E-state index is 12.8. The Labute approximate surface area is 157 Å². The summed E-state index contributed by atoms with van der Waals surface area (Å²) in [7, 11) is 1.56. The number of nitrogens with one attached hydrogen (secondary N) is 1. The summed E-state index contributed by atoms with van der Waals surface area (Å²) >= 11 is 0. The largest absolute Gasteiger partial charge is 0.497 e. The fraction of sp³-hybridized carbons (Fsp3) is 0.238. The molecule has 138 valence electrons. The Morgan fingerprint density at radius 3 is 2.81 bits per heavy atom. The Kier molecular flexibility index (Phi) is 5.72. The summed E-state index contributed by atoms with van der Waals surface area (Å²) in [5.74, 6) is 5.29. The van der Waals surface area contributed by atoms with Gasteiger partial charge in [-0.15, -0.1) is 0 Å². The fourth-order valence-electron chi connectivity index (χ4n) is 2.87.